The number of carboxylic acid groups (broad SMARTS) is 1. The van der Waals surface area contributed by atoms with Crippen molar-refractivity contribution in [2.24, 2.45) is 0 Å². The van der Waals surface area contributed by atoms with Crippen molar-refractivity contribution in [2.45, 2.75) is 31.0 Å². The molecule has 0 aromatic carbocycles. The third-order valence-electron chi connectivity index (χ3n) is 4.21. The highest BCUT2D eigenvalue weighted by Gasteiger charge is 2.46. The van der Waals surface area contributed by atoms with Gasteiger partial charge in [0.1, 0.15) is 24.9 Å². The lowest BCUT2D eigenvalue weighted by atomic mass is 10.1. The first-order valence-electron chi connectivity index (χ1n) is 9.34. The molecule has 0 aliphatic carbocycles. The number of rotatable bonds is 13. The van der Waals surface area contributed by atoms with Crippen molar-refractivity contribution in [1.29, 1.82) is 0 Å². The molecule has 2 rings (SSSR count). The van der Waals surface area contributed by atoms with E-state index in [1.54, 1.807) is 0 Å². The molecule has 206 valence electrons. The van der Waals surface area contributed by atoms with Gasteiger partial charge in [-0.05, 0) is 0 Å². The summed E-state index contributed by atoms with van der Waals surface area (Å²) in [7, 11) is -17.0. The lowest BCUT2D eigenvalue weighted by molar-refractivity contribution is -0.142. The molecule has 1 aromatic heterocycles. The minimum atomic E-state index is -5.79. The molecular weight excluding hydrogens is 565 g/mol. The molecule has 23 heteroatoms. The van der Waals surface area contributed by atoms with E-state index in [1.165, 1.54) is 0 Å². The van der Waals surface area contributed by atoms with Gasteiger partial charge in [0.25, 0.3) is 5.56 Å². The van der Waals surface area contributed by atoms with Gasteiger partial charge in [-0.15, -0.1) is 0 Å². The number of ether oxygens (including phenoxy) is 2. The first kappa shape index (κ1) is 30.6. The van der Waals surface area contributed by atoms with E-state index in [0.717, 1.165) is 6.20 Å². The molecule has 0 spiro atoms. The van der Waals surface area contributed by atoms with Crippen molar-refractivity contribution >= 4 is 29.4 Å². The summed E-state index contributed by atoms with van der Waals surface area (Å²) >= 11 is 0. The van der Waals surface area contributed by atoms with E-state index < -0.39 is 78.4 Å². The molecule has 8 N–H and O–H groups in total. The van der Waals surface area contributed by atoms with Gasteiger partial charge in [0, 0.05) is 18.2 Å². The third-order valence-corrected chi connectivity index (χ3v) is 8.01. The second-order valence-corrected chi connectivity index (χ2v) is 11.4. The molecule has 6 atom stereocenters. The largest absolute Gasteiger partial charge is 0.490 e. The monoisotopic (exact) mass is 586 g/mol. The van der Waals surface area contributed by atoms with Crippen molar-refractivity contribution in [3.05, 3.63) is 32.6 Å². The van der Waals surface area contributed by atoms with E-state index in [-0.39, 0.29) is 18.6 Å². The molecule has 0 bridgehead atoms. The van der Waals surface area contributed by atoms with Gasteiger partial charge in [-0.3, -0.25) is 18.9 Å². The Labute approximate surface area is 199 Å². The van der Waals surface area contributed by atoms with Gasteiger partial charge < -0.3 is 44.4 Å². The maximum Gasteiger partial charge on any atom is 0.490 e. The van der Waals surface area contributed by atoms with Crippen LogP contribution in [0.4, 0.5) is 0 Å². The Morgan fingerprint density at radius 3 is 2.28 bits per heavy atom. The van der Waals surface area contributed by atoms with Gasteiger partial charge in [-0.1, -0.05) is 0 Å². The van der Waals surface area contributed by atoms with Crippen LogP contribution >= 0.6 is 23.5 Å². The zero-order valence-electron chi connectivity index (χ0n) is 17.6. The molecule has 1 saturated heterocycles. The van der Waals surface area contributed by atoms with E-state index in [4.69, 9.17) is 29.3 Å². The molecule has 1 aliphatic rings. The lowest BCUT2D eigenvalue weighted by Gasteiger charge is -2.19. The van der Waals surface area contributed by atoms with Crippen LogP contribution in [0.1, 0.15) is 11.8 Å². The number of carbonyl (C=O) groups is 1. The molecule has 1 fully saturated rings. The van der Waals surface area contributed by atoms with E-state index in [2.05, 4.69) is 13.1 Å². The molecule has 0 amide bonds. The summed E-state index contributed by atoms with van der Waals surface area (Å²) in [6, 6.07) is 0. The number of phosphoric ester groups is 1. The molecular formula is C13H21N2O18P3. The molecule has 20 nitrogen and oxygen atoms in total. The Morgan fingerprint density at radius 2 is 1.69 bits per heavy atom. The second kappa shape index (κ2) is 11.8. The summed E-state index contributed by atoms with van der Waals surface area (Å²) in [5.74, 6) is -1.26. The SMILES string of the molecule is O=C(O)COCCc1cn([C@@H]2O[C@H](COP(=O)(O)OP(=O)(O)OP(=O)(O)O)[C@@H](O)[C@H]2O)c(=O)[nH]c1=O. The van der Waals surface area contributed by atoms with Crippen molar-refractivity contribution in [3.8, 4) is 0 Å². The van der Waals surface area contributed by atoms with Crippen LogP contribution in [0, 0.1) is 0 Å². The van der Waals surface area contributed by atoms with Crippen LogP contribution in [0.3, 0.4) is 0 Å². The zero-order valence-corrected chi connectivity index (χ0v) is 20.3. The van der Waals surface area contributed by atoms with Gasteiger partial charge in [0.05, 0.1) is 13.2 Å². The molecule has 0 saturated carbocycles. The smallest absolute Gasteiger partial charge is 0.480 e. The number of aromatic nitrogens is 2. The Balaban J connectivity index is 2.10. The number of aliphatic carboxylic acids is 1. The molecule has 0 radical (unpaired) electrons. The van der Waals surface area contributed by atoms with Crippen LogP contribution in [0.5, 0.6) is 0 Å². The topological polar surface area (TPSA) is 311 Å². The minimum absolute atomic E-state index is 0.0954. The number of aromatic amines is 1. The molecule has 36 heavy (non-hydrogen) atoms. The first-order chi connectivity index (χ1) is 16.4. The van der Waals surface area contributed by atoms with Gasteiger partial charge in [-0.25, -0.2) is 23.3 Å². The number of nitrogens with zero attached hydrogens (tertiary/aromatic N) is 1. The van der Waals surface area contributed by atoms with E-state index in [0.29, 0.717) is 4.57 Å². The highest BCUT2D eigenvalue weighted by molar-refractivity contribution is 7.66. The maximum absolute atomic E-state index is 12.2. The number of aliphatic hydroxyl groups excluding tert-OH is 2. The van der Waals surface area contributed by atoms with Gasteiger partial charge in [-0.2, -0.15) is 8.62 Å². The highest BCUT2D eigenvalue weighted by atomic mass is 31.3. The summed E-state index contributed by atoms with van der Waals surface area (Å²) in [6.07, 6.45) is -6.34. The van der Waals surface area contributed by atoms with Gasteiger partial charge >= 0.3 is 35.1 Å². The number of aliphatic hydroxyl groups is 2. The molecule has 1 aliphatic heterocycles. The number of phosphoric acid groups is 3. The number of hydrogen-bond acceptors (Lipinski definition) is 13. The summed E-state index contributed by atoms with van der Waals surface area (Å²) in [5.41, 5.74) is -2.05. The fourth-order valence-corrected chi connectivity index (χ4v) is 5.83. The highest BCUT2D eigenvalue weighted by Crippen LogP contribution is 2.66. The predicted molar refractivity (Wildman–Crippen MR) is 109 cm³/mol. The quantitative estimate of drug-likeness (QED) is 0.0851. The van der Waals surface area contributed by atoms with Crippen LogP contribution < -0.4 is 11.2 Å². The van der Waals surface area contributed by atoms with Crippen molar-refractivity contribution < 1.29 is 76.0 Å². The minimum Gasteiger partial charge on any atom is -0.480 e. The average Bonchev–Trinajstić information content (AvgIpc) is 2.96. The summed E-state index contributed by atoms with van der Waals surface area (Å²) in [5, 5.41) is 28.9. The first-order valence-corrected chi connectivity index (χ1v) is 13.9. The number of H-pyrrole nitrogens is 1. The maximum atomic E-state index is 12.2. The molecule has 2 unspecified atom stereocenters. The van der Waals surface area contributed by atoms with Crippen molar-refractivity contribution in [1.82, 2.24) is 9.55 Å². The summed E-state index contributed by atoms with van der Waals surface area (Å²) in [4.78, 5) is 72.2. The standard InChI is InChI=1S/C13H21N2O18P3/c16-8(17)5-29-2-1-6-3-15(13(21)14-11(6)20)12-10(19)9(18)7(31-12)4-30-35(25,26)33-36(27,28)32-34(22,23)24/h3,7,9-10,12,18-19H,1-2,4-5H2,(H,16,17)(H,25,26)(H,27,28)(H,14,20,21)(H2,22,23,24)/t7-,9-,10-,12-/m1/s1. The Hall–Kier alpha value is -1.60. The second-order valence-electron chi connectivity index (χ2n) is 6.95. The van der Waals surface area contributed by atoms with Crippen LogP contribution in [0.25, 0.3) is 0 Å². The Morgan fingerprint density at radius 1 is 1.06 bits per heavy atom. The van der Waals surface area contributed by atoms with E-state index in [9.17, 15) is 43.2 Å². The van der Waals surface area contributed by atoms with Crippen LogP contribution in [-0.2, 0) is 47.5 Å². The Kier molecular flexibility index (Phi) is 10.1. The van der Waals surface area contributed by atoms with Crippen LogP contribution in [-0.4, -0.2) is 88.5 Å². The van der Waals surface area contributed by atoms with Crippen molar-refractivity contribution in [2.75, 3.05) is 19.8 Å². The number of hydrogen-bond donors (Lipinski definition) is 8. The molecule has 2 heterocycles. The normalized spacial score (nSPS) is 25.8. The lowest BCUT2D eigenvalue weighted by Crippen LogP contribution is -2.39. The van der Waals surface area contributed by atoms with Crippen LogP contribution in [0.2, 0.25) is 0 Å². The van der Waals surface area contributed by atoms with E-state index >= 15 is 0 Å². The van der Waals surface area contributed by atoms with Gasteiger partial charge in [0.2, 0.25) is 0 Å². The predicted octanol–water partition coefficient (Wildman–Crippen LogP) is -2.86. The number of carboxylic acids is 1. The zero-order chi connectivity index (χ0) is 27.5. The summed E-state index contributed by atoms with van der Waals surface area (Å²) < 4.78 is 55.9. The fraction of sp³-hybridized carbons (Fsp3) is 0.615. The van der Waals surface area contributed by atoms with Crippen molar-refractivity contribution in [3.63, 3.8) is 0 Å². The van der Waals surface area contributed by atoms with Gasteiger partial charge in [0.15, 0.2) is 6.23 Å². The fourth-order valence-electron chi connectivity index (χ4n) is 2.80. The average molecular weight is 586 g/mol. The van der Waals surface area contributed by atoms with Crippen LogP contribution in [0.15, 0.2) is 15.8 Å². The molecule has 1 aromatic rings. The Bertz CT molecular complexity index is 1210. The summed E-state index contributed by atoms with van der Waals surface area (Å²) in [6.45, 7) is -2.00. The van der Waals surface area contributed by atoms with E-state index in [1.807, 2.05) is 4.98 Å². The number of nitrogens with one attached hydrogen (secondary N) is 1. The third kappa shape index (κ3) is 9.05.